The van der Waals surface area contributed by atoms with Crippen LogP contribution in [-0.4, -0.2) is 85.2 Å². The number of ether oxygens (including phenoxy) is 1. The van der Waals surface area contributed by atoms with Gasteiger partial charge in [0.1, 0.15) is 0 Å². The normalized spacial score (nSPS) is 23.0. The molecule has 2 heterocycles. The maximum atomic E-state index is 12.3. The highest BCUT2D eigenvalue weighted by atomic mass is 35.5. The summed E-state index contributed by atoms with van der Waals surface area (Å²) >= 11 is 5.99. The fourth-order valence-corrected chi connectivity index (χ4v) is 4.01. The van der Waals surface area contributed by atoms with E-state index in [2.05, 4.69) is 10.2 Å². The number of carbonyl (C=O) groups excluding carboxylic acids is 2. The highest BCUT2D eigenvalue weighted by Crippen LogP contribution is 2.24. The summed E-state index contributed by atoms with van der Waals surface area (Å²) in [7, 11) is 3.53. The van der Waals surface area contributed by atoms with Crippen molar-refractivity contribution in [2.24, 2.45) is 0 Å². The van der Waals surface area contributed by atoms with E-state index < -0.39 is 0 Å². The van der Waals surface area contributed by atoms with E-state index in [4.69, 9.17) is 26.2 Å². The lowest BCUT2D eigenvalue weighted by Crippen LogP contribution is -2.47. The number of nitrogens with zero attached hydrogens (tertiary/aromatic N) is 2. The number of carbonyl (C=O) groups is 3. The van der Waals surface area contributed by atoms with E-state index in [0.717, 1.165) is 25.1 Å². The minimum atomic E-state index is -0.250. The Hall–Kier alpha value is -2.16. The summed E-state index contributed by atoms with van der Waals surface area (Å²) in [5.41, 5.74) is 1.07. The number of carboxylic acid groups (broad SMARTS) is 1. The number of hydrogen-bond acceptors (Lipinski definition) is 5. The molecule has 0 unspecified atom stereocenters. The molecule has 0 bridgehead atoms. The molecule has 0 aromatic heterocycles. The van der Waals surface area contributed by atoms with Gasteiger partial charge in [-0.25, -0.2) is 0 Å². The van der Waals surface area contributed by atoms with Crippen molar-refractivity contribution in [1.29, 1.82) is 0 Å². The fraction of sp³-hybridized carbons (Fsp3) is 0.571. The van der Waals surface area contributed by atoms with Gasteiger partial charge in [0.25, 0.3) is 6.47 Å². The number of hydrogen-bond donors (Lipinski definition) is 2. The summed E-state index contributed by atoms with van der Waals surface area (Å²) in [6, 6.07) is 8.10. The van der Waals surface area contributed by atoms with E-state index in [-0.39, 0.29) is 30.4 Å². The van der Waals surface area contributed by atoms with Crippen LogP contribution in [0.25, 0.3) is 0 Å². The Kier molecular flexibility index (Phi) is 9.55. The lowest BCUT2D eigenvalue weighted by molar-refractivity contribution is -0.134. The Bertz CT molecular complexity index is 730. The first kappa shape index (κ1) is 24.1. The predicted molar refractivity (Wildman–Crippen MR) is 113 cm³/mol. The second-order valence-corrected chi connectivity index (χ2v) is 8.23. The standard InChI is InChI=1S/C20H28ClN3O3.CH2O2/c1-23(2)20(26)10-18-12-24-11-16(9-17(24)13-27-18)22-19(25)7-6-14-4-3-5-15(21)8-14;2-1-3/h3-5,8,16-18H,6-7,9-13H2,1-2H3,(H,22,25);1H,(H,2,3)/t16-,17+,18+;/m1./s1. The van der Waals surface area contributed by atoms with Gasteiger partial charge in [-0.05, 0) is 30.5 Å². The van der Waals surface area contributed by atoms with Crippen LogP contribution >= 0.6 is 11.6 Å². The number of aryl methyl sites for hydroxylation is 1. The second-order valence-electron chi connectivity index (χ2n) is 7.79. The van der Waals surface area contributed by atoms with E-state index in [1.165, 1.54) is 0 Å². The van der Waals surface area contributed by atoms with Gasteiger partial charge in [-0.3, -0.25) is 19.3 Å². The van der Waals surface area contributed by atoms with Crippen molar-refractivity contribution < 1.29 is 24.2 Å². The van der Waals surface area contributed by atoms with E-state index in [0.29, 0.717) is 36.9 Å². The topological polar surface area (TPSA) is 99.2 Å². The predicted octanol–water partition coefficient (Wildman–Crippen LogP) is 1.41. The number of benzene rings is 1. The SMILES string of the molecule is CN(C)C(=O)C[C@H]1CN2C[C@H](NC(=O)CCc3cccc(Cl)c3)C[C@H]2CO1.O=CO. The number of halogens is 1. The number of nitrogens with one attached hydrogen (secondary N) is 1. The molecule has 0 spiro atoms. The van der Waals surface area contributed by atoms with Gasteiger partial charge in [-0.2, -0.15) is 0 Å². The third-order valence-electron chi connectivity index (χ3n) is 5.29. The zero-order valence-electron chi connectivity index (χ0n) is 17.4. The van der Waals surface area contributed by atoms with Crippen LogP contribution in [-0.2, 0) is 25.5 Å². The molecule has 1 aromatic rings. The van der Waals surface area contributed by atoms with Crippen molar-refractivity contribution in [2.45, 2.75) is 43.9 Å². The fourth-order valence-electron chi connectivity index (χ4n) is 3.80. The molecule has 2 N–H and O–H groups in total. The largest absolute Gasteiger partial charge is 0.483 e. The summed E-state index contributed by atoms with van der Waals surface area (Å²) in [5.74, 6) is 0.156. The Balaban J connectivity index is 0.00000101. The van der Waals surface area contributed by atoms with E-state index >= 15 is 0 Å². The highest BCUT2D eigenvalue weighted by Gasteiger charge is 2.38. The van der Waals surface area contributed by atoms with Crippen LogP contribution in [0.15, 0.2) is 24.3 Å². The average molecular weight is 440 g/mol. The van der Waals surface area contributed by atoms with Gasteiger partial charge in [0.05, 0.1) is 19.1 Å². The van der Waals surface area contributed by atoms with Gasteiger partial charge in [0, 0.05) is 50.7 Å². The number of morpholine rings is 1. The van der Waals surface area contributed by atoms with Gasteiger partial charge >= 0.3 is 0 Å². The first-order chi connectivity index (χ1) is 14.3. The molecule has 2 aliphatic rings. The summed E-state index contributed by atoms with van der Waals surface area (Å²) in [4.78, 5) is 36.5. The Morgan fingerprint density at radius 2 is 2.10 bits per heavy atom. The lowest BCUT2D eigenvalue weighted by Gasteiger charge is -2.35. The molecule has 30 heavy (non-hydrogen) atoms. The van der Waals surface area contributed by atoms with Crippen LogP contribution in [0.1, 0.15) is 24.8 Å². The summed E-state index contributed by atoms with van der Waals surface area (Å²) < 4.78 is 5.87. The second kappa shape index (κ2) is 11.9. The van der Waals surface area contributed by atoms with Gasteiger partial charge in [0.2, 0.25) is 11.8 Å². The molecule has 1 aromatic carbocycles. The minimum absolute atomic E-state index is 0.0616. The molecule has 0 radical (unpaired) electrons. The first-order valence-corrected chi connectivity index (χ1v) is 10.4. The van der Waals surface area contributed by atoms with Crippen molar-refractivity contribution in [3.05, 3.63) is 34.9 Å². The molecular formula is C21H30ClN3O5. The molecule has 166 valence electrons. The lowest BCUT2D eigenvalue weighted by atomic mass is 10.1. The van der Waals surface area contributed by atoms with Crippen LogP contribution in [0.2, 0.25) is 5.02 Å². The highest BCUT2D eigenvalue weighted by molar-refractivity contribution is 6.30. The van der Waals surface area contributed by atoms with Crippen molar-refractivity contribution in [3.8, 4) is 0 Å². The van der Waals surface area contributed by atoms with Crippen LogP contribution in [0.3, 0.4) is 0 Å². The van der Waals surface area contributed by atoms with Crippen LogP contribution in [0.4, 0.5) is 0 Å². The van der Waals surface area contributed by atoms with E-state index in [1.807, 2.05) is 24.3 Å². The number of amides is 2. The van der Waals surface area contributed by atoms with E-state index in [1.54, 1.807) is 19.0 Å². The van der Waals surface area contributed by atoms with Crippen LogP contribution in [0, 0.1) is 0 Å². The van der Waals surface area contributed by atoms with Crippen molar-refractivity contribution >= 4 is 29.9 Å². The molecule has 9 heteroatoms. The molecule has 2 saturated heterocycles. The molecule has 3 atom stereocenters. The van der Waals surface area contributed by atoms with E-state index in [9.17, 15) is 9.59 Å². The quantitative estimate of drug-likeness (QED) is 0.650. The Morgan fingerprint density at radius 3 is 2.77 bits per heavy atom. The van der Waals surface area contributed by atoms with Gasteiger partial charge in [-0.1, -0.05) is 23.7 Å². The maximum Gasteiger partial charge on any atom is 0.290 e. The molecule has 2 aliphatic heterocycles. The van der Waals surface area contributed by atoms with Gasteiger partial charge < -0.3 is 20.1 Å². The van der Waals surface area contributed by atoms with Crippen LogP contribution < -0.4 is 5.32 Å². The average Bonchev–Trinajstić information content (AvgIpc) is 3.08. The molecular weight excluding hydrogens is 410 g/mol. The van der Waals surface area contributed by atoms with Crippen LogP contribution in [0.5, 0.6) is 0 Å². The van der Waals surface area contributed by atoms with Crippen molar-refractivity contribution in [1.82, 2.24) is 15.1 Å². The first-order valence-electron chi connectivity index (χ1n) is 9.99. The number of rotatable bonds is 6. The van der Waals surface area contributed by atoms with Gasteiger partial charge in [0.15, 0.2) is 0 Å². The zero-order valence-corrected chi connectivity index (χ0v) is 18.2. The molecule has 2 fully saturated rings. The molecule has 0 saturated carbocycles. The van der Waals surface area contributed by atoms with Crippen molar-refractivity contribution in [2.75, 3.05) is 33.8 Å². The summed E-state index contributed by atoms with van der Waals surface area (Å²) in [6.45, 7) is 1.95. The monoisotopic (exact) mass is 439 g/mol. The third kappa shape index (κ3) is 7.59. The third-order valence-corrected chi connectivity index (χ3v) is 5.52. The minimum Gasteiger partial charge on any atom is -0.483 e. The molecule has 0 aliphatic carbocycles. The Morgan fingerprint density at radius 1 is 1.37 bits per heavy atom. The summed E-state index contributed by atoms with van der Waals surface area (Å²) in [6.07, 6.45) is 2.39. The zero-order chi connectivity index (χ0) is 22.1. The smallest absolute Gasteiger partial charge is 0.290 e. The molecule has 3 rings (SSSR count). The van der Waals surface area contributed by atoms with Crippen molar-refractivity contribution in [3.63, 3.8) is 0 Å². The molecule has 2 amide bonds. The summed E-state index contributed by atoms with van der Waals surface area (Å²) in [5, 5.41) is 10.7. The molecule has 8 nitrogen and oxygen atoms in total. The number of fused-ring (bicyclic) bond motifs is 1. The maximum absolute atomic E-state index is 12.3. The Labute approximate surface area is 182 Å². The van der Waals surface area contributed by atoms with Gasteiger partial charge in [-0.15, -0.1) is 0 Å².